The molecular weight excluding hydrogens is 306 g/mol. The van der Waals surface area contributed by atoms with E-state index in [9.17, 15) is 4.79 Å². The first-order valence-corrected chi connectivity index (χ1v) is 8.65. The summed E-state index contributed by atoms with van der Waals surface area (Å²) in [6.07, 6.45) is 3.38. The van der Waals surface area contributed by atoms with Crippen LogP contribution < -0.4 is 10.2 Å². The van der Waals surface area contributed by atoms with Crippen molar-refractivity contribution in [1.82, 2.24) is 30.0 Å². The Labute approximate surface area is 140 Å². The molecule has 1 atom stereocenters. The van der Waals surface area contributed by atoms with E-state index in [-0.39, 0.29) is 5.92 Å². The van der Waals surface area contributed by atoms with E-state index in [0.717, 1.165) is 57.0 Å². The fourth-order valence-electron chi connectivity index (χ4n) is 3.65. The standard InChI is InChI=1S/C16H23N7O/c1-12-10-17-6-9-22(12)16(24)13-4-7-21(8-5-13)15-3-2-14-19-18-11-23(14)20-15/h2-3,11-13,17H,4-10H2,1H3/t12-/m0/s1. The van der Waals surface area contributed by atoms with E-state index in [1.165, 1.54) is 0 Å². The van der Waals surface area contributed by atoms with Crippen LogP contribution in [0, 0.1) is 5.92 Å². The summed E-state index contributed by atoms with van der Waals surface area (Å²) < 4.78 is 1.69. The van der Waals surface area contributed by atoms with E-state index in [1.807, 2.05) is 12.1 Å². The van der Waals surface area contributed by atoms with Gasteiger partial charge in [-0.1, -0.05) is 0 Å². The van der Waals surface area contributed by atoms with Crippen LogP contribution in [-0.4, -0.2) is 69.4 Å². The van der Waals surface area contributed by atoms with Crippen molar-refractivity contribution < 1.29 is 4.79 Å². The van der Waals surface area contributed by atoms with E-state index in [0.29, 0.717) is 11.9 Å². The lowest BCUT2D eigenvalue weighted by Gasteiger charge is -2.39. The lowest BCUT2D eigenvalue weighted by molar-refractivity contribution is -0.139. The predicted octanol–water partition coefficient (Wildman–Crippen LogP) is 0.161. The summed E-state index contributed by atoms with van der Waals surface area (Å²) >= 11 is 0. The molecule has 0 aliphatic carbocycles. The Balaban J connectivity index is 1.40. The minimum atomic E-state index is 0.139. The van der Waals surface area contributed by atoms with Gasteiger partial charge >= 0.3 is 0 Å². The molecule has 0 spiro atoms. The molecule has 0 unspecified atom stereocenters. The van der Waals surface area contributed by atoms with Gasteiger partial charge in [0, 0.05) is 44.7 Å². The van der Waals surface area contributed by atoms with Crippen LogP contribution in [0.3, 0.4) is 0 Å². The maximum Gasteiger partial charge on any atom is 0.226 e. The molecule has 2 aromatic heterocycles. The van der Waals surface area contributed by atoms with E-state index in [4.69, 9.17) is 0 Å². The summed E-state index contributed by atoms with van der Waals surface area (Å²) in [6.45, 7) is 6.46. The minimum Gasteiger partial charge on any atom is -0.355 e. The van der Waals surface area contributed by atoms with Crippen molar-refractivity contribution >= 4 is 17.4 Å². The molecule has 2 aliphatic rings. The zero-order valence-corrected chi connectivity index (χ0v) is 13.9. The number of carbonyl (C=O) groups is 1. The number of piperidine rings is 1. The molecule has 0 radical (unpaired) electrons. The summed E-state index contributed by atoms with van der Waals surface area (Å²) in [4.78, 5) is 17.1. The molecule has 0 aromatic carbocycles. The van der Waals surface area contributed by atoms with Crippen LogP contribution in [0.5, 0.6) is 0 Å². The molecule has 2 aliphatic heterocycles. The number of amides is 1. The number of hydrogen-bond acceptors (Lipinski definition) is 6. The van der Waals surface area contributed by atoms with Crippen LogP contribution in [-0.2, 0) is 4.79 Å². The van der Waals surface area contributed by atoms with Gasteiger partial charge in [-0.05, 0) is 31.9 Å². The van der Waals surface area contributed by atoms with Gasteiger partial charge < -0.3 is 15.1 Å². The maximum atomic E-state index is 12.8. The molecule has 4 rings (SSSR count). The third-order valence-corrected chi connectivity index (χ3v) is 5.10. The highest BCUT2D eigenvalue weighted by Gasteiger charge is 2.32. The zero-order chi connectivity index (χ0) is 16.5. The van der Waals surface area contributed by atoms with Gasteiger partial charge in [-0.3, -0.25) is 4.79 Å². The van der Waals surface area contributed by atoms with Gasteiger partial charge in [0.05, 0.1) is 0 Å². The fourth-order valence-corrected chi connectivity index (χ4v) is 3.65. The van der Waals surface area contributed by atoms with Crippen LogP contribution in [0.15, 0.2) is 18.5 Å². The van der Waals surface area contributed by atoms with Gasteiger partial charge in [-0.25, -0.2) is 0 Å². The molecule has 0 saturated carbocycles. The Morgan fingerprint density at radius 3 is 2.88 bits per heavy atom. The van der Waals surface area contributed by atoms with Crippen molar-refractivity contribution in [3.63, 3.8) is 0 Å². The number of anilines is 1. The third-order valence-electron chi connectivity index (χ3n) is 5.10. The molecule has 2 aromatic rings. The lowest BCUT2D eigenvalue weighted by Crippen LogP contribution is -2.54. The Morgan fingerprint density at radius 1 is 1.25 bits per heavy atom. The molecule has 2 saturated heterocycles. The average Bonchev–Trinajstić information content (AvgIpc) is 3.09. The van der Waals surface area contributed by atoms with Crippen LogP contribution in [0.1, 0.15) is 19.8 Å². The van der Waals surface area contributed by atoms with E-state index in [1.54, 1.807) is 10.8 Å². The van der Waals surface area contributed by atoms with E-state index in [2.05, 4.69) is 37.3 Å². The highest BCUT2D eigenvalue weighted by molar-refractivity contribution is 5.79. The fraction of sp³-hybridized carbons (Fsp3) is 0.625. The SMILES string of the molecule is C[C@H]1CNCCN1C(=O)C1CCN(c2ccc3nncn3n2)CC1. The maximum absolute atomic E-state index is 12.8. The van der Waals surface area contributed by atoms with Gasteiger partial charge in [-0.15, -0.1) is 15.3 Å². The molecule has 8 heteroatoms. The number of aromatic nitrogens is 4. The molecule has 24 heavy (non-hydrogen) atoms. The normalized spacial score (nSPS) is 23.0. The number of nitrogens with one attached hydrogen (secondary N) is 1. The summed E-state index contributed by atoms with van der Waals surface area (Å²) in [7, 11) is 0. The first-order valence-electron chi connectivity index (χ1n) is 8.65. The highest BCUT2D eigenvalue weighted by atomic mass is 16.2. The summed E-state index contributed by atoms with van der Waals surface area (Å²) in [5.74, 6) is 1.38. The highest BCUT2D eigenvalue weighted by Crippen LogP contribution is 2.24. The largest absolute Gasteiger partial charge is 0.355 e. The summed E-state index contributed by atoms with van der Waals surface area (Å²) in [5, 5.41) is 15.7. The van der Waals surface area contributed by atoms with Gasteiger partial charge in [0.1, 0.15) is 12.1 Å². The first-order chi connectivity index (χ1) is 11.7. The minimum absolute atomic E-state index is 0.139. The number of fused-ring (bicyclic) bond motifs is 1. The number of rotatable bonds is 2. The predicted molar refractivity (Wildman–Crippen MR) is 89.8 cm³/mol. The molecule has 0 bridgehead atoms. The molecule has 4 heterocycles. The monoisotopic (exact) mass is 329 g/mol. The third kappa shape index (κ3) is 2.82. The van der Waals surface area contributed by atoms with E-state index < -0.39 is 0 Å². The smallest absolute Gasteiger partial charge is 0.226 e. The zero-order valence-electron chi connectivity index (χ0n) is 13.9. The van der Waals surface area contributed by atoms with Crippen molar-refractivity contribution in [2.75, 3.05) is 37.6 Å². The Hall–Kier alpha value is -2.22. The Kier molecular flexibility index (Phi) is 4.05. The lowest BCUT2D eigenvalue weighted by atomic mass is 9.94. The molecule has 1 N–H and O–H groups in total. The number of piperazine rings is 1. The van der Waals surface area contributed by atoms with Crippen molar-refractivity contribution in [1.29, 1.82) is 0 Å². The van der Waals surface area contributed by atoms with Crippen molar-refractivity contribution in [2.45, 2.75) is 25.8 Å². The molecule has 1 amide bonds. The van der Waals surface area contributed by atoms with Crippen molar-refractivity contribution in [3.8, 4) is 0 Å². The average molecular weight is 329 g/mol. The van der Waals surface area contributed by atoms with Crippen LogP contribution in [0.4, 0.5) is 5.82 Å². The van der Waals surface area contributed by atoms with Crippen LogP contribution in [0.25, 0.3) is 5.65 Å². The quantitative estimate of drug-likeness (QED) is 0.846. The Morgan fingerprint density at radius 2 is 2.08 bits per heavy atom. The number of carbonyl (C=O) groups excluding carboxylic acids is 1. The second kappa shape index (κ2) is 6.35. The Bertz CT molecular complexity index is 722. The summed E-state index contributed by atoms with van der Waals surface area (Å²) in [6, 6.07) is 4.20. The second-order valence-electron chi connectivity index (χ2n) is 6.67. The van der Waals surface area contributed by atoms with Crippen molar-refractivity contribution in [3.05, 3.63) is 18.5 Å². The summed E-state index contributed by atoms with van der Waals surface area (Å²) in [5.41, 5.74) is 0.747. The van der Waals surface area contributed by atoms with Gasteiger partial charge in [-0.2, -0.15) is 4.52 Å². The number of nitrogens with zero attached hydrogens (tertiary/aromatic N) is 6. The molecule has 8 nitrogen and oxygen atoms in total. The first kappa shape index (κ1) is 15.3. The van der Waals surface area contributed by atoms with Crippen molar-refractivity contribution in [2.24, 2.45) is 5.92 Å². The topological polar surface area (TPSA) is 78.7 Å². The van der Waals surface area contributed by atoms with E-state index >= 15 is 0 Å². The van der Waals surface area contributed by atoms with Gasteiger partial charge in [0.2, 0.25) is 5.91 Å². The molecule has 2 fully saturated rings. The van der Waals surface area contributed by atoms with Gasteiger partial charge in [0.25, 0.3) is 0 Å². The van der Waals surface area contributed by atoms with Crippen LogP contribution >= 0.6 is 0 Å². The second-order valence-corrected chi connectivity index (χ2v) is 6.67. The van der Waals surface area contributed by atoms with Gasteiger partial charge in [0.15, 0.2) is 5.65 Å². The molecule has 128 valence electrons. The number of hydrogen-bond donors (Lipinski definition) is 1. The van der Waals surface area contributed by atoms with Crippen LogP contribution in [0.2, 0.25) is 0 Å². The molecular formula is C16H23N7O.